The van der Waals surface area contributed by atoms with Crippen LogP contribution >= 0.6 is 23.4 Å². The summed E-state index contributed by atoms with van der Waals surface area (Å²) >= 11 is 7.36. The number of benzene rings is 1. The summed E-state index contributed by atoms with van der Waals surface area (Å²) in [4.78, 5) is 12.6. The van der Waals surface area contributed by atoms with Crippen LogP contribution < -0.4 is 11.1 Å². The molecule has 0 aliphatic heterocycles. The molecule has 0 bridgehead atoms. The largest absolute Gasteiger partial charge is 0.398 e. The molecule has 0 saturated heterocycles. The van der Waals surface area contributed by atoms with E-state index in [-0.39, 0.29) is 12.0 Å². The lowest BCUT2D eigenvalue weighted by atomic mass is 10.3. The molecule has 3 N–H and O–H groups in total. The summed E-state index contributed by atoms with van der Waals surface area (Å²) in [5, 5.41) is 3.37. The molecular formula is C14H21ClN2O2S. The Hall–Kier alpha value is -0.910. The first-order valence-corrected chi connectivity index (χ1v) is 7.91. The average Bonchev–Trinajstić information content (AvgIpc) is 2.39. The zero-order chi connectivity index (χ0) is 15.0. The average molecular weight is 317 g/mol. The van der Waals surface area contributed by atoms with Crippen molar-refractivity contribution in [2.45, 2.75) is 31.3 Å². The summed E-state index contributed by atoms with van der Waals surface area (Å²) in [6.45, 7) is 5.28. The molecule has 0 aromatic heterocycles. The van der Waals surface area contributed by atoms with E-state index in [9.17, 15) is 4.79 Å². The number of thioether (sulfide) groups is 1. The first-order chi connectivity index (χ1) is 9.49. The molecule has 1 aromatic rings. The normalized spacial score (nSPS) is 10.8. The molecule has 112 valence electrons. The predicted octanol–water partition coefficient (Wildman–Crippen LogP) is 2.95. The number of anilines is 1. The number of nitrogen functional groups attached to an aromatic ring is 1. The first kappa shape index (κ1) is 17.1. The van der Waals surface area contributed by atoms with Gasteiger partial charge in [0.25, 0.3) is 0 Å². The number of carbonyl (C=O) groups excluding carboxylic acids is 1. The molecule has 0 spiro atoms. The highest BCUT2D eigenvalue weighted by molar-refractivity contribution is 8.00. The van der Waals surface area contributed by atoms with Gasteiger partial charge >= 0.3 is 0 Å². The third kappa shape index (κ3) is 7.03. The lowest BCUT2D eigenvalue weighted by molar-refractivity contribution is -0.118. The van der Waals surface area contributed by atoms with Gasteiger partial charge in [0, 0.05) is 18.0 Å². The summed E-state index contributed by atoms with van der Waals surface area (Å²) in [7, 11) is 0. The van der Waals surface area contributed by atoms with E-state index in [1.165, 1.54) is 11.8 Å². The number of hydrogen-bond acceptors (Lipinski definition) is 4. The first-order valence-electron chi connectivity index (χ1n) is 6.55. The van der Waals surface area contributed by atoms with Crippen LogP contribution in [0.2, 0.25) is 5.02 Å². The standard InChI is InChI=1S/C14H21ClN2O2S/c1-10(2)19-7-3-6-17-14(18)9-20-11-4-5-13(16)12(15)8-11/h4-5,8,10H,3,6-7,9,16H2,1-2H3,(H,17,18). The number of rotatable bonds is 8. The highest BCUT2D eigenvalue weighted by Crippen LogP contribution is 2.26. The number of hydrogen-bond donors (Lipinski definition) is 2. The smallest absolute Gasteiger partial charge is 0.230 e. The molecule has 6 heteroatoms. The van der Waals surface area contributed by atoms with Gasteiger partial charge in [-0.1, -0.05) is 11.6 Å². The number of carbonyl (C=O) groups is 1. The van der Waals surface area contributed by atoms with Gasteiger partial charge in [-0.15, -0.1) is 11.8 Å². The minimum Gasteiger partial charge on any atom is -0.398 e. The molecular weight excluding hydrogens is 296 g/mol. The van der Waals surface area contributed by atoms with Gasteiger partial charge < -0.3 is 15.8 Å². The Morgan fingerprint density at radius 1 is 1.50 bits per heavy atom. The van der Waals surface area contributed by atoms with Crippen molar-refractivity contribution in [3.63, 3.8) is 0 Å². The Bertz CT molecular complexity index is 441. The van der Waals surface area contributed by atoms with Gasteiger partial charge in [-0.25, -0.2) is 0 Å². The van der Waals surface area contributed by atoms with Crippen molar-refractivity contribution in [3.05, 3.63) is 23.2 Å². The number of nitrogens with two attached hydrogens (primary N) is 1. The van der Waals surface area contributed by atoms with Gasteiger partial charge in [-0.05, 0) is 38.5 Å². The monoisotopic (exact) mass is 316 g/mol. The van der Waals surface area contributed by atoms with Crippen LogP contribution in [0.25, 0.3) is 0 Å². The Labute approximate surface area is 129 Å². The predicted molar refractivity (Wildman–Crippen MR) is 85.3 cm³/mol. The van der Waals surface area contributed by atoms with E-state index < -0.39 is 0 Å². The van der Waals surface area contributed by atoms with Crippen molar-refractivity contribution in [2.24, 2.45) is 0 Å². The summed E-state index contributed by atoms with van der Waals surface area (Å²) in [5.74, 6) is 0.373. The highest BCUT2D eigenvalue weighted by atomic mass is 35.5. The van der Waals surface area contributed by atoms with Crippen molar-refractivity contribution >= 4 is 35.0 Å². The summed E-state index contributed by atoms with van der Waals surface area (Å²) in [6.07, 6.45) is 1.05. The fourth-order valence-electron chi connectivity index (χ4n) is 1.42. The SMILES string of the molecule is CC(C)OCCCNC(=O)CSc1ccc(N)c(Cl)c1. The van der Waals surface area contributed by atoms with Gasteiger partial charge in [0.15, 0.2) is 0 Å². The lowest BCUT2D eigenvalue weighted by Gasteiger charge is -2.08. The maximum atomic E-state index is 11.6. The molecule has 1 amide bonds. The number of nitrogens with one attached hydrogen (secondary N) is 1. The van der Waals surface area contributed by atoms with E-state index in [1.54, 1.807) is 12.1 Å². The fourth-order valence-corrected chi connectivity index (χ4v) is 2.43. The molecule has 20 heavy (non-hydrogen) atoms. The molecule has 0 fully saturated rings. The van der Waals surface area contributed by atoms with Gasteiger partial charge in [-0.3, -0.25) is 4.79 Å². The van der Waals surface area contributed by atoms with Crippen LogP contribution in [0.4, 0.5) is 5.69 Å². The Balaban J connectivity index is 2.18. The third-order valence-corrected chi connectivity index (χ3v) is 3.76. The molecule has 0 aliphatic carbocycles. The minimum atomic E-state index is 0.00694. The van der Waals surface area contributed by atoms with Crippen LogP contribution in [-0.4, -0.2) is 30.9 Å². The van der Waals surface area contributed by atoms with E-state index in [4.69, 9.17) is 22.1 Å². The molecule has 1 aromatic carbocycles. The van der Waals surface area contributed by atoms with Crippen LogP contribution in [0.5, 0.6) is 0 Å². The Morgan fingerprint density at radius 3 is 2.90 bits per heavy atom. The highest BCUT2D eigenvalue weighted by Gasteiger charge is 2.04. The summed E-state index contributed by atoms with van der Waals surface area (Å²) in [6, 6.07) is 5.37. The van der Waals surface area contributed by atoms with E-state index >= 15 is 0 Å². The quantitative estimate of drug-likeness (QED) is 0.440. The van der Waals surface area contributed by atoms with Crippen molar-refractivity contribution in [3.8, 4) is 0 Å². The second-order valence-electron chi connectivity index (χ2n) is 4.60. The second kappa shape index (κ2) is 9.10. The molecule has 0 radical (unpaired) electrons. The maximum absolute atomic E-state index is 11.6. The van der Waals surface area contributed by atoms with Crippen molar-refractivity contribution in [1.82, 2.24) is 5.32 Å². The van der Waals surface area contributed by atoms with Gasteiger partial charge in [0.05, 0.1) is 22.6 Å². The van der Waals surface area contributed by atoms with Gasteiger partial charge in [-0.2, -0.15) is 0 Å². The van der Waals surface area contributed by atoms with E-state index in [2.05, 4.69) is 5.32 Å². The zero-order valence-corrected chi connectivity index (χ0v) is 13.4. The number of amides is 1. The maximum Gasteiger partial charge on any atom is 0.230 e. The van der Waals surface area contributed by atoms with E-state index in [0.717, 1.165) is 11.3 Å². The van der Waals surface area contributed by atoms with Crippen LogP contribution in [0.3, 0.4) is 0 Å². The van der Waals surface area contributed by atoms with Gasteiger partial charge in [0.2, 0.25) is 5.91 Å². The summed E-state index contributed by atoms with van der Waals surface area (Å²) in [5.41, 5.74) is 6.17. The Morgan fingerprint density at radius 2 is 2.25 bits per heavy atom. The molecule has 0 aliphatic rings. The topological polar surface area (TPSA) is 64.3 Å². The van der Waals surface area contributed by atoms with Crippen molar-refractivity contribution < 1.29 is 9.53 Å². The van der Waals surface area contributed by atoms with E-state index in [0.29, 0.717) is 29.6 Å². The second-order valence-corrected chi connectivity index (χ2v) is 6.05. The van der Waals surface area contributed by atoms with Crippen molar-refractivity contribution in [2.75, 3.05) is 24.6 Å². The number of ether oxygens (including phenoxy) is 1. The summed E-state index contributed by atoms with van der Waals surface area (Å²) < 4.78 is 5.39. The fraction of sp³-hybridized carbons (Fsp3) is 0.500. The molecule has 0 atom stereocenters. The molecule has 0 unspecified atom stereocenters. The van der Waals surface area contributed by atoms with Crippen LogP contribution in [-0.2, 0) is 9.53 Å². The lowest BCUT2D eigenvalue weighted by Crippen LogP contribution is -2.27. The minimum absolute atomic E-state index is 0.00694. The van der Waals surface area contributed by atoms with Crippen LogP contribution in [0.15, 0.2) is 23.1 Å². The molecule has 4 nitrogen and oxygen atoms in total. The Kier molecular flexibility index (Phi) is 7.80. The van der Waals surface area contributed by atoms with E-state index in [1.807, 2.05) is 19.9 Å². The van der Waals surface area contributed by atoms with Crippen molar-refractivity contribution in [1.29, 1.82) is 0 Å². The zero-order valence-electron chi connectivity index (χ0n) is 11.8. The van der Waals surface area contributed by atoms with Crippen LogP contribution in [0, 0.1) is 0 Å². The third-order valence-electron chi connectivity index (χ3n) is 2.44. The molecule has 1 rings (SSSR count). The molecule has 0 heterocycles. The molecule has 0 saturated carbocycles. The number of halogens is 1. The van der Waals surface area contributed by atoms with Gasteiger partial charge in [0.1, 0.15) is 0 Å². The van der Waals surface area contributed by atoms with Crippen LogP contribution in [0.1, 0.15) is 20.3 Å².